The van der Waals surface area contributed by atoms with Gasteiger partial charge in [-0.2, -0.15) is 0 Å². The van der Waals surface area contributed by atoms with Crippen LogP contribution >= 0.6 is 0 Å². The van der Waals surface area contributed by atoms with E-state index in [2.05, 4.69) is 4.98 Å². The quantitative estimate of drug-likeness (QED) is 0.913. The van der Waals surface area contributed by atoms with E-state index in [-0.39, 0.29) is 11.5 Å². The average Bonchev–Trinajstić information content (AvgIpc) is 2.63. The van der Waals surface area contributed by atoms with E-state index in [1.807, 2.05) is 4.90 Å². The van der Waals surface area contributed by atoms with Crippen molar-refractivity contribution in [3.05, 3.63) is 33.7 Å². The van der Waals surface area contributed by atoms with Crippen LogP contribution in [0.2, 0.25) is 0 Å². The Hall–Kier alpha value is -1.62. The van der Waals surface area contributed by atoms with E-state index in [0.29, 0.717) is 17.2 Å². The summed E-state index contributed by atoms with van der Waals surface area (Å²) in [7, 11) is 1.72. The van der Waals surface area contributed by atoms with Gasteiger partial charge in [0.15, 0.2) is 0 Å². The van der Waals surface area contributed by atoms with Crippen molar-refractivity contribution >= 4 is 5.91 Å². The van der Waals surface area contributed by atoms with Gasteiger partial charge in [0.1, 0.15) is 0 Å². The van der Waals surface area contributed by atoms with Gasteiger partial charge in [0.05, 0.1) is 0 Å². The molecule has 2 rings (SSSR count). The molecule has 0 spiro atoms. The third-order valence-electron chi connectivity index (χ3n) is 3.76. The number of H-pyrrole nitrogens is 1. The van der Waals surface area contributed by atoms with Crippen molar-refractivity contribution in [1.29, 1.82) is 0 Å². The first-order chi connectivity index (χ1) is 9.60. The largest absolute Gasteiger partial charge is 0.384 e. The van der Waals surface area contributed by atoms with E-state index in [4.69, 9.17) is 4.74 Å². The Morgan fingerprint density at radius 2 is 2.20 bits per heavy atom. The lowest BCUT2D eigenvalue weighted by Gasteiger charge is -2.20. The maximum Gasteiger partial charge on any atom is 0.254 e. The lowest BCUT2D eigenvalue weighted by atomic mass is 10.0. The van der Waals surface area contributed by atoms with Crippen LogP contribution in [0.3, 0.4) is 0 Å². The van der Waals surface area contributed by atoms with E-state index >= 15 is 0 Å². The van der Waals surface area contributed by atoms with Gasteiger partial charge in [-0.25, -0.2) is 0 Å². The van der Waals surface area contributed by atoms with E-state index in [1.165, 1.54) is 6.07 Å². The zero-order valence-corrected chi connectivity index (χ0v) is 12.1. The number of amides is 1. The highest BCUT2D eigenvalue weighted by Crippen LogP contribution is 2.19. The second-order valence-electron chi connectivity index (χ2n) is 5.46. The van der Waals surface area contributed by atoms with Gasteiger partial charge in [0.25, 0.3) is 5.91 Å². The first kappa shape index (κ1) is 14.8. The Bertz CT molecular complexity index is 524. The molecule has 1 saturated heterocycles. The number of likely N-dealkylation sites (tertiary alicyclic amines) is 1. The molecule has 5 heteroatoms. The van der Waals surface area contributed by atoms with Crippen LogP contribution in [0.4, 0.5) is 0 Å². The first-order valence-electron chi connectivity index (χ1n) is 7.09. The molecular formula is C15H22N2O3. The van der Waals surface area contributed by atoms with Gasteiger partial charge in [-0.05, 0) is 38.2 Å². The van der Waals surface area contributed by atoms with Gasteiger partial charge in [0, 0.05) is 44.1 Å². The highest BCUT2D eigenvalue weighted by molar-refractivity contribution is 5.94. The summed E-state index contributed by atoms with van der Waals surface area (Å²) in [6, 6.07) is 3.12. The monoisotopic (exact) mass is 278 g/mol. The Labute approximate surface area is 118 Å². The van der Waals surface area contributed by atoms with Crippen molar-refractivity contribution in [3.8, 4) is 0 Å². The molecule has 0 radical (unpaired) electrons. The Morgan fingerprint density at radius 3 is 2.90 bits per heavy atom. The molecule has 1 unspecified atom stereocenters. The molecule has 20 heavy (non-hydrogen) atoms. The van der Waals surface area contributed by atoms with Crippen LogP contribution < -0.4 is 5.56 Å². The zero-order valence-electron chi connectivity index (χ0n) is 12.1. The van der Waals surface area contributed by atoms with Crippen LogP contribution in [-0.4, -0.2) is 42.6 Å². The van der Waals surface area contributed by atoms with Gasteiger partial charge in [-0.15, -0.1) is 0 Å². The summed E-state index contributed by atoms with van der Waals surface area (Å²) in [6.07, 6.45) is 3.04. The van der Waals surface area contributed by atoms with Crippen molar-refractivity contribution in [2.75, 3.05) is 26.8 Å². The molecule has 2 heterocycles. The maximum atomic E-state index is 12.5. The molecule has 5 nitrogen and oxygen atoms in total. The first-order valence-corrected chi connectivity index (χ1v) is 7.09. The number of nitrogens with zero attached hydrogens (tertiary/aromatic N) is 1. The lowest BCUT2D eigenvalue weighted by Crippen LogP contribution is -2.33. The number of hydrogen-bond acceptors (Lipinski definition) is 3. The van der Waals surface area contributed by atoms with Crippen LogP contribution in [0.25, 0.3) is 0 Å². The summed E-state index contributed by atoms with van der Waals surface area (Å²) >= 11 is 0. The van der Waals surface area contributed by atoms with E-state index in [9.17, 15) is 9.59 Å². The fourth-order valence-electron chi connectivity index (χ4n) is 2.76. The molecule has 0 bridgehead atoms. The number of pyridine rings is 1. The molecular weight excluding hydrogens is 256 g/mol. The van der Waals surface area contributed by atoms with Gasteiger partial charge in [-0.1, -0.05) is 0 Å². The summed E-state index contributed by atoms with van der Waals surface area (Å²) in [6.45, 7) is 4.03. The number of ether oxygens (including phenoxy) is 1. The molecule has 1 aliphatic rings. The Balaban J connectivity index is 2.07. The maximum absolute atomic E-state index is 12.5. The summed E-state index contributed by atoms with van der Waals surface area (Å²) in [4.78, 5) is 28.4. The second kappa shape index (κ2) is 6.70. The highest BCUT2D eigenvalue weighted by atomic mass is 16.5. The SMILES string of the molecule is COCC1CCCN(C(=O)c2cc(C)[nH]c(=O)c2)CC1. The summed E-state index contributed by atoms with van der Waals surface area (Å²) in [5.74, 6) is 0.482. The van der Waals surface area contributed by atoms with Crippen molar-refractivity contribution in [2.45, 2.75) is 26.2 Å². The summed E-state index contributed by atoms with van der Waals surface area (Å²) < 4.78 is 5.20. The predicted molar refractivity (Wildman–Crippen MR) is 76.9 cm³/mol. The van der Waals surface area contributed by atoms with Crippen LogP contribution in [0, 0.1) is 12.8 Å². The van der Waals surface area contributed by atoms with Gasteiger partial charge >= 0.3 is 0 Å². The number of aromatic amines is 1. The lowest BCUT2D eigenvalue weighted by molar-refractivity contribution is 0.0755. The third-order valence-corrected chi connectivity index (χ3v) is 3.76. The number of carbonyl (C=O) groups excluding carboxylic acids is 1. The second-order valence-corrected chi connectivity index (χ2v) is 5.46. The van der Waals surface area contributed by atoms with E-state index in [1.54, 1.807) is 20.1 Å². The van der Waals surface area contributed by atoms with E-state index < -0.39 is 0 Å². The minimum absolute atomic E-state index is 0.0442. The number of carbonyl (C=O) groups is 1. The molecule has 1 amide bonds. The Morgan fingerprint density at radius 1 is 1.40 bits per heavy atom. The number of aryl methyl sites for hydroxylation is 1. The summed E-state index contributed by atoms with van der Waals surface area (Å²) in [5, 5.41) is 0. The highest BCUT2D eigenvalue weighted by Gasteiger charge is 2.21. The molecule has 0 aliphatic carbocycles. The minimum Gasteiger partial charge on any atom is -0.384 e. The van der Waals surface area contributed by atoms with Crippen molar-refractivity contribution in [2.24, 2.45) is 5.92 Å². The van der Waals surface area contributed by atoms with Crippen LogP contribution in [0.1, 0.15) is 35.3 Å². The molecule has 1 aromatic rings. The number of nitrogens with one attached hydrogen (secondary N) is 1. The molecule has 1 aromatic heterocycles. The standard InChI is InChI=1S/C15H22N2O3/c1-11-8-13(9-14(18)16-11)15(19)17-6-3-4-12(5-7-17)10-20-2/h8-9,12H,3-7,10H2,1-2H3,(H,16,18). The van der Waals surface area contributed by atoms with Crippen molar-refractivity contribution in [1.82, 2.24) is 9.88 Å². The molecule has 1 fully saturated rings. The third kappa shape index (κ3) is 3.70. The van der Waals surface area contributed by atoms with Crippen molar-refractivity contribution in [3.63, 3.8) is 0 Å². The Kier molecular flexibility index (Phi) is 4.95. The predicted octanol–water partition coefficient (Wildman–Crippen LogP) is 1.57. The van der Waals surface area contributed by atoms with E-state index in [0.717, 1.165) is 39.0 Å². The molecule has 0 aromatic carbocycles. The number of aromatic nitrogens is 1. The normalized spacial score (nSPS) is 19.7. The molecule has 110 valence electrons. The fraction of sp³-hybridized carbons (Fsp3) is 0.600. The fourth-order valence-corrected chi connectivity index (χ4v) is 2.76. The van der Waals surface area contributed by atoms with Crippen LogP contribution in [0.5, 0.6) is 0 Å². The average molecular weight is 278 g/mol. The van der Waals surface area contributed by atoms with Crippen molar-refractivity contribution < 1.29 is 9.53 Å². The van der Waals surface area contributed by atoms with Gasteiger partial charge in [-0.3, -0.25) is 9.59 Å². The van der Waals surface area contributed by atoms with Gasteiger partial charge in [0.2, 0.25) is 5.56 Å². The summed E-state index contributed by atoms with van der Waals surface area (Å²) in [5.41, 5.74) is 0.977. The van der Waals surface area contributed by atoms with Crippen LogP contribution in [-0.2, 0) is 4.74 Å². The smallest absolute Gasteiger partial charge is 0.254 e. The van der Waals surface area contributed by atoms with Crippen LogP contribution in [0.15, 0.2) is 16.9 Å². The van der Waals surface area contributed by atoms with Gasteiger partial charge < -0.3 is 14.6 Å². The topological polar surface area (TPSA) is 62.4 Å². The minimum atomic E-state index is -0.222. The molecule has 0 saturated carbocycles. The molecule has 1 aliphatic heterocycles. The molecule has 1 N–H and O–H groups in total. The number of hydrogen-bond donors (Lipinski definition) is 1. The molecule has 1 atom stereocenters. The number of methoxy groups -OCH3 is 1. The zero-order chi connectivity index (χ0) is 14.5. The number of rotatable bonds is 3.